The van der Waals surface area contributed by atoms with Gasteiger partial charge in [0.1, 0.15) is 17.8 Å². The number of rotatable bonds is 4. The molecule has 0 aliphatic heterocycles. The summed E-state index contributed by atoms with van der Waals surface area (Å²) >= 11 is 0. The average Bonchev–Trinajstić information content (AvgIpc) is 2.69. The number of alkyl carbamates (subject to hydrolysis) is 1. The number of carbonyl (C=O) groups is 1. The highest BCUT2D eigenvalue weighted by Gasteiger charge is 2.23. The van der Waals surface area contributed by atoms with E-state index >= 15 is 0 Å². The van der Waals surface area contributed by atoms with Gasteiger partial charge in [-0.25, -0.2) is 9.78 Å². The summed E-state index contributed by atoms with van der Waals surface area (Å²) < 4.78 is 5.02. The third-order valence-electron chi connectivity index (χ3n) is 2.37. The Morgan fingerprint density at radius 1 is 1.53 bits per heavy atom. The summed E-state index contributed by atoms with van der Waals surface area (Å²) in [5, 5.41) is 22.1. The smallest absolute Gasteiger partial charge is 0.407 e. The van der Waals surface area contributed by atoms with Crippen LogP contribution in [0.5, 0.6) is 0 Å². The molecule has 19 heavy (non-hydrogen) atoms. The minimum absolute atomic E-state index is 0.123. The number of aliphatic hydroxyl groups is 2. The van der Waals surface area contributed by atoms with Gasteiger partial charge in [-0.05, 0) is 27.7 Å². The van der Waals surface area contributed by atoms with Gasteiger partial charge >= 0.3 is 6.09 Å². The number of nitrogens with one attached hydrogen (secondary N) is 2. The van der Waals surface area contributed by atoms with Crippen molar-refractivity contribution in [2.24, 2.45) is 0 Å². The summed E-state index contributed by atoms with van der Waals surface area (Å²) in [6, 6.07) is 0. The van der Waals surface area contributed by atoms with E-state index in [0.717, 1.165) is 0 Å². The number of hydrogen-bond acceptors (Lipinski definition) is 5. The Balaban J connectivity index is 2.45. The lowest BCUT2D eigenvalue weighted by Crippen LogP contribution is -2.39. The van der Waals surface area contributed by atoms with Crippen LogP contribution in [0.15, 0.2) is 6.33 Å². The van der Waals surface area contributed by atoms with E-state index in [2.05, 4.69) is 15.3 Å². The zero-order valence-electron chi connectivity index (χ0n) is 11.6. The van der Waals surface area contributed by atoms with Crippen LogP contribution >= 0.6 is 0 Å². The van der Waals surface area contributed by atoms with Crippen molar-refractivity contribution >= 4 is 6.09 Å². The number of imidazole rings is 1. The fourth-order valence-corrected chi connectivity index (χ4v) is 1.46. The Morgan fingerprint density at radius 2 is 2.16 bits per heavy atom. The summed E-state index contributed by atoms with van der Waals surface area (Å²) in [5.74, 6) is 0. The third kappa shape index (κ3) is 4.88. The molecule has 0 fully saturated rings. The second-order valence-corrected chi connectivity index (χ2v) is 5.31. The van der Waals surface area contributed by atoms with Crippen molar-refractivity contribution in [1.82, 2.24) is 15.3 Å². The molecule has 1 amide bonds. The van der Waals surface area contributed by atoms with Crippen molar-refractivity contribution in [3.63, 3.8) is 0 Å². The highest BCUT2D eigenvalue weighted by molar-refractivity contribution is 5.67. The minimum atomic E-state index is -1.17. The predicted octanol–water partition coefficient (Wildman–Crippen LogP) is 0.637. The van der Waals surface area contributed by atoms with Crippen LogP contribution in [-0.2, 0) is 4.74 Å². The Morgan fingerprint density at radius 3 is 2.63 bits per heavy atom. The molecule has 0 aliphatic carbocycles. The molecule has 2 atom stereocenters. The van der Waals surface area contributed by atoms with Crippen molar-refractivity contribution in [2.45, 2.75) is 45.5 Å². The van der Waals surface area contributed by atoms with Gasteiger partial charge in [0.05, 0.1) is 12.0 Å². The maximum Gasteiger partial charge on any atom is 0.407 e. The molecule has 4 N–H and O–H groups in total. The fraction of sp³-hybridized carbons (Fsp3) is 0.667. The second-order valence-electron chi connectivity index (χ2n) is 5.31. The Labute approximate surface area is 112 Å². The van der Waals surface area contributed by atoms with E-state index in [-0.39, 0.29) is 6.54 Å². The number of aliphatic hydroxyl groups excluding tert-OH is 2. The monoisotopic (exact) mass is 271 g/mol. The highest BCUT2D eigenvalue weighted by atomic mass is 16.6. The lowest BCUT2D eigenvalue weighted by atomic mass is 10.1. The minimum Gasteiger partial charge on any atom is -0.444 e. The van der Waals surface area contributed by atoms with Crippen LogP contribution in [-0.4, -0.2) is 44.5 Å². The number of ether oxygens (including phenoxy) is 1. The topological polar surface area (TPSA) is 107 Å². The first-order valence-electron chi connectivity index (χ1n) is 6.03. The third-order valence-corrected chi connectivity index (χ3v) is 2.37. The molecule has 0 spiro atoms. The molecule has 7 heteroatoms. The second kappa shape index (κ2) is 6.03. The number of aromatic amines is 1. The van der Waals surface area contributed by atoms with E-state index in [1.54, 1.807) is 27.7 Å². The molecule has 1 aromatic heterocycles. The van der Waals surface area contributed by atoms with Gasteiger partial charge in [0.15, 0.2) is 0 Å². The Bertz CT molecular complexity index is 425. The largest absolute Gasteiger partial charge is 0.444 e. The van der Waals surface area contributed by atoms with Crippen LogP contribution in [0.3, 0.4) is 0 Å². The normalized spacial score (nSPS) is 14.8. The summed E-state index contributed by atoms with van der Waals surface area (Å²) in [5.41, 5.74) is 0.425. The van der Waals surface area contributed by atoms with Crippen LogP contribution in [0.4, 0.5) is 4.79 Å². The van der Waals surface area contributed by atoms with Crippen molar-refractivity contribution in [2.75, 3.05) is 6.54 Å². The predicted molar refractivity (Wildman–Crippen MR) is 68.5 cm³/mol. The summed E-state index contributed by atoms with van der Waals surface area (Å²) in [6.45, 7) is 6.84. The van der Waals surface area contributed by atoms with Gasteiger partial charge in [-0.1, -0.05) is 0 Å². The number of carbonyl (C=O) groups excluding carboxylic acids is 1. The van der Waals surface area contributed by atoms with E-state index in [1.165, 1.54) is 6.33 Å². The van der Waals surface area contributed by atoms with Crippen LogP contribution in [0, 0.1) is 6.92 Å². The molecule has 0 radical (unpaired) electrons. The Kier molecular flexibility index (Phi) is 4.90. The van der Waals surface area contributed by atoms with Crippen LogP contribution in [0.2, 0.25) is 0 Å². The van der Waals surface area contributed by atoms with E-state index in [0.29, 0.717) is 11.4 Å². The molecule has 0 bridgehead atoms. The number of nitrogens with zero attached hydrogens (tertiary/aromatic N) is 1. The first kappa shape index (κ1) is 15.5. The van der Waals surface area contributed by atoms with Crippen molar-refractivity contribution in [3.8, 4) is 0 Å². The first-order chi connectivity index (χ1) is 8.70. The standard InChI is InChI=1S/C12H21N3O4/c1-7-9(15-6-14-7)10(17)8(16)5-13-11(18)19-12(2,3)4/h6,8,10,16-17H,5H2,1-4H3,(H,13,18)(H,14,15). The lowest BCUT2D eigenvalue weighted by molar-refractivity contribution is 0.0107. The zero-order valence-corrected chi connectivity index (χ0v) is 11.6. The molecule has 108 valence electrons. The van der Waals surface area contributed by atoms with E-state index in [4.69, 9.17) is 4.74 Å². The van der Waals surface area contributed by atoms with Gasteiger partial charge in [0.25, 0.3) is 0 Å². The van der Waals surface area contributed by atoms with Crippen LogP contribution in [0.25, 0.3) is 0 Å². The molecule has 0 aliphatic rings. The van der Waals surface area contributed by atoms with Gasteiger partial charge < -0.3 is 25.3 Å². The lowest BCUT2D eigenvalue weighted by Gasteiger charge is -2.21. The van der Waals surface area contributed by atoms with Gasteiger partial charge in [-0.2, -0.15) is 0 Å². The van der Waals surface area contributed by atoms with E-state index < -0.39 is 23.9 Å². The van der Waals surface area contributed by atoms with Gasteiger partial charge in [0.2, 0.25) is 0 Å². The summed E-state index contributed by atoms with van der Waals surface area (Å²) in [4.78, 5) is 18.1. The van der Waals surface area contributed by atoms with E-state index in [9.17, 15) is 15.0 Å². The molecule has 0 saturated heterocycles. The molecular weight excluding hydrogens is 250 g/mol. The molecule has 1 rings (SSSR count). The molecule has 2 unspecified atom stereocenters. The Hall–Kier alpha value is -1.60. The SMILES string of the molecule is Cc1[nH]cnc1C(O)C(O)CNC(=O)OC(C)(C)C. The highest BCUT2D eigenvalue weighted by Crippen LogP contribution is 2.16. The maximum absolute atomic E-state index is 11.4. The number of amides is 1. The van der Waals surface area contributed by atoms with Gasteiger partial charge in [-0.3, -0.25) is 0 Å². The number of aryl methyl sites for hydroxylation is 1. The zero-order chi connectivity index (χ0) is 14.6. The number of hydrogen-bond donors (Lipinski definition) is 4. The molecule has 1 aromatic rings. The molecule has 1 heterocycles. The van der Waals surface area contributed by atoms with Crippen molar-refractivity contribution in [1.29, 1.82) is 0 Å². The summed E-state index contributed by atoms with van der Waals surface area (Å²) in [7, 11) is 0. The van der Waals surface area contributed by atoms with E-state index in [1.807, 2.05) is 0 Å². The molecule has 0 aromatic carbocycles. The van der Waals surface area contributed by atoms with Crippen LogP contribution in [0.1, 0.15) is 38.3 Å². The molecule has 7 nitrogen and oxygen atoms in total. The first-order valence-corrected chi connectivity index (χ1v) is 6.03. The maximum atomic E-state index is 11.4. The van der Waals surface area contributed by atoms with Crippen LogP contribution < -0.4 is 5.32 Å². The average molecular weight is 271 g/mol. The fourth-order valence-electron chi connectivity index (χ4n) is 1.46. The van der Waals surface area contributed by atoms with Crippen molar-refractivity contribution < 1.29 is 19.7 Å². The molecular formula is C12H21N3O4. The van der Waals surface area contributed by atoms with Gasteiger partial charge in [-0.15, -0.1) is 0 Å². The number of H-pyrrole nitrogens is 1. The number of aromatic nitrogens is 2. The van der Waals surface area contributed by atoms with Gasteiger partial charge in [0, 0.05) is 12.2 Å². The van der Waals surface area contributed by atoms with Crippen molar-refractivity contribution in [3.05, 3.63) is 17.7 Å². The summed E-state index contributed by atoms with van der Waals surface area (Å²) in [6.07, 6.45) is -1.53. The molecule has 0 saturated carbocycles. The quantitative estimate of drug-likeness (QED) is 0.642.